The molecule has 0 saturated carbocycles. The molecule has 19 heavy (non-hydrogen) atoms. The fourth-order valence-electron chi connectivity index (χ4n) is 2.87. The highest BCUT2D eigenvalue weighted by atomic mass is 32.1. The Labute approximate surface area is 117 Å². The normalized spacial score (nSPS) is 30.4. The molecule has 0 N–H and O–H groups in total. The molecule has 3 atom stereocenters. The summed E-state index contributed by atoms with van der Waals surface area (Å²) in [6, 6.07) is 0.371. The molecule has 0 aliphatic carbocycles. The molecule has 3 heterocycles. The molecule has 2 aliphatic rings. The summed E-state index contributed by atoms with van der Waals surface area (Å²) >= 11 is 1.64. The van der Waals surface area contributed by atoms with Crippen LogP contribution in [0.3, 0.4) is 0 Å². The van der Waals surface area contributed by atoms with Crippen molar-refractivity contribution >= 4 is 16.5 Å². The number of hydrogen-bond acceptors (Lipinski definition) is 6. The Morgan fingerprint density at radius 1 is 1.58 bits per heavy atom. The van der Waals surface area contributed by atoms with Crippen molar-refractivity contribution in [3.63, 3.8) is 0 Å². The average molecular weight is 281 g/mol. The van der Waals surface area contributed by atoms with E-state index in [2.05, 4.69) is 21.7 Å². The lowest BCUT2D eigenvalue weighted by molar-refractivity contribution is -0.0671. The summed E-state index contributed by atoms with van der Waals surface area (Å²) < 4.78 is 11.8. The summed E-state index contributed by atoms with van der Waals surface area (Å²) in [6.45, 7) is 7.92. The van der Waals surface area contributed by atoms with Gasteiger partial charge >= 0.3 is 0 Å². The second kappa shape index (κ2) is 5.56. The Morgan fingerprint density at radius 3 is 3.21 bits per heavy atom. The standard InChI is InChI=1S/C13H19N3O2S/c1-3-6-17-11-8-16(13-15-14-9(2)19-13)10-5-4-7-18-12(10)11/h3,10-12H,1,4-8H2,2H3/t10-,11+,12+/m1/s1. The van der Waals surface area contributed by atoms with Gasteiger partial charge in [0.25, 0.3) is 0 Å². The van der Waals surface area contributed by atoms with Gasteiger partial charge in [0.15, 0.2) is 0 Å². The molecule has 6 heteroatoms. The summed E-state index contributed by atoms with van der Waals surface area (Å²) in [6.07, 6.45) is 4.28. The maximum absolute atomic E-state index is 5.93. The van der Waals surface area contributed by atoms with Gasteiger partial charge in [-0.3, -0.25) is 0 Å². The van der Waals surface area contributed by atoms with Crippen LogP contribution < -0.4 is 4.90 Å². The summed E-state index contributed by atoms with van der Waals surface area (Å²) in [5.74, 6) is 0. The molecule has 0 bridgehead atoms. The first-order valence-electron chi connectivity index (χ1n) is 6.70. The second-order valence-corrected chi connectivity index (χ2v) is 6.12. The third-order valence-electron chi connectivity index (χ3n) is 3.67. The van der Waals surface area contributed by atoms with Gasteiger partial charge in [-0.05, 0) is 19.8 Å². The van der Waals surface area contributed by atoms with Crippen molar-refractivity contribution in [2.24, 2.45) is 0 Å². The lowest BCUT2D eigenvalue weighted by Crippen LogP contribution is -2.42. The van der Waals surface area contributed by atoms with E-state index in [4.69, 9.17) is 9.47 Å². The second-order valence-electron chi connectivity index (χ2n) is 4.96. The van der Waals surface area contributed by atoms with Crippen molar-refractivity contribution in [1.82, 2.24) is 10.2 Å². The van der Waals surface area contributed by atoms with Crippen LogP contribution >= 0.6 is 11.3 Å². The Bertz CT molecular complexity index is 451. The van der Waals surface area contributed by atoms with Crippen molar-refractivity contribution in [1.29, 1.82) is 0 Å². The predicted octanol–water partition coefficient (Wildman–Crippen LogP) is 1.79. The van der Waals surface area contributed by atoms with Crippen LogP contribution in [0.25, 0.3) is 0 Å². The van der Waals surface area contributed by atoms with Crippen LogP contribution in [0.4, 0.5) is 5.13 Å². The van der Waals surface area contributed by atoms with Crippen molar-refractivity contribution in [2.45, 2.75) is 38.0 Å². The number of ether oxygens (including phenoxy) is 2. The van der Waals surface area contributed by atoms with Crippen molar-refractivity contribution in [3.05, 3.63) is 17.7 Å². The van der Waals surface area contributed by atoms with Crippen LogP contribution in [-0.4, -0.2) is 48.2 Å². The smallest absolute Gasteiger partial charge is 0.208 e. The van der Waals surface area contributed by atoms with Crippen LogP contribution in [0.5, 0.6) is 0 Å². The van der Waals surface area contributed by atoms with Crippen LogP contribution in [0.1, 0.15) is 17.8 Å². The van der Waals surface area contributed by atoms with E-state index in [1.807, 2.05) is 6.92 Å². The van der Waals surface area contributed by atoms with Crippen LogP contribution in [-0.2, 0) is 9.47 Å². The number of nitrogens with zero attached hydrogens (tertiary/aromatic N) is 3. The molecular weight excluding hydrogens is 262 g/mol. The van der Waals surface area contributed by atoms with E-state index in [1.54, 1.807) is 17.4 Å². The molecule has 1 aromatic rings. The number of hydrogen-bond donors (Lipinski definition) is 0. The minimum Gasteiger partial charge on any atom is -0.373 e. The molecule has 2 saturated heterocycles. The Kier molecular flexibility index (Phi) is 3.81. The zero-order valence-electron chi connectivity index (χ0n) is 11.1. The minimum atomic E-state index is 0.104. The lowest BCUT2D eigenvalue weighted by Gasteiger charge is -2.31. The molecule has 0 radical (unpaired) electrons. The van der Waals surface area contributed by atoms with Crippen molar-refractivity contribution in [3.8, 4) is 0 Å². The highest BCUT2D eigenvalue weighted by Gasteiger charge is 2.45. The van der Waals surface area contributed by atoms with E-state index in [9.17, 15) is 0 Å². The quantitative estimate of drug-likeness (QED) is 0.787. The van der Waals surface area contributed by atoms with Crippen LogP contribution in [0.15, 0.2) is 12.7 Å². The lowest BCUT2D eigenvalue weighted by atomic mass is 10.0. The molecule has 0 amide bonds. The van der Waals surface area contributed by atoms with Gasteiger partial charge in [-0.15, -0.1) is 16.8 Å². The summed E-state index contributed by atoms with van der Waals surface area (Å²) in [5, 5.41) is 10.4. The van der Waals surface area contributed by atoms with Gasteiger partial charge in [-0.2, -0.15) is 0 Å². The van der Waals surface area contributed by atoms with Crippen LogP contribution in [0.2, 0.25) is 0 Å². The largest absolute Gasteiger partial charge is 0.373 e. The van der Waals surface area contributed by atoms with Gasteiger partial charge in [0.1, 0.15) is 17.2 Å². The van der Waals surface area contributed by atoms with Gasteiger partial charge in [0.05, 0.1) is 12.6 Å². The fraction of sp³-hybridized carbons (Fsp3) is 0.692. The van der Waals surface area contributed by atoms with Gasteiger partial charge in [0, 0.05) is 13.2 Å². The zero-order chi connectivity index (χ0) is 13.2. The summed E-state index contributed by atoms with van der Waals surface area (Å²) in [7, 11) is 0. The maximum Gasteiger partial charge on any atom is 0.208 e. The minimum absolute atomic E-state index is 0.104. The van der Waals surface area contributed by atoms with E-state index in [0.29, 0.717) is 12.6 Å². The van der Waals surface area contributed by atoms with E-state index in [0.717, 1.165) is 36.1 Å². The summed E-state index contributed by atoms with van der Waals surface area (Å²) in [4.78, 5) is 2.31. The molecule has 104 valence electrons. The first-order chi connectivity index (χ1) is 9.29. The van der Waals surface area contributed by atoms with E-state index in [1.165, 1.54) is 0 Å². The highest BCUT2D eigenvalue weighted by molar-refractivity contribution is 7.15. The molecule has 2 fully saturated rings. The SMILES string of the molecule is C=CCO[C@H]1CN(c2nnc(C)s2)[C@@H]2CCCO[C@H]12. The van der Waals surface area contributed by atoms with Crippen molar-refractivity contribution < 1.29 is 9.47 Å². The third kappa shape index (κ3) is 2.52. The number of anilines is 1. The molecule has 3 rings (SSSR count). The summed E-state index contributed by atoms with van der Waals surface area (Å²) in [5.41, 5.74) is 0. The molecule has 5 nitrogen and oxygen atoms in total. The van der Waals surface area contributed by atoms with E-state index in [-0.39, 0.29) is 12.2 Å². The average Bonchev–Trinajstić information content (AvgIpc) is 3.00. The molecule has 1 aromatic heterocycles. The van der Waals surface area contributed by atoms with E-state index >= 15 is 0 Å². The van der Waals surface area contributed by atoms with Gasteiger partial charge in [0.2, 0.25) is 5.13 Å². The first-order valence-corrected chi connectivity index (χ1v) is 7.52. The molecule has 0 unspecified atom stereocenters. The monoisotopic (exact) mass is 281 g/mol. The van der Waals surface area contributed by atoms with Gasteiger partial charge < -0.3 is 14.4 Å². The highest BCUT2D eigenvalue weighted by Crippen LogP contribution is 2.35. The van der Waals surface area contributed by atoms with Crippen molar-refractivity contribution in [2.75, 3.05) is 24.7 Å². The molecular formula is C13H19N3O2S. The van der Waals surface area contributed by atoms with Gasteiger partial charge in [-0.25, -0.2) is 0 Å². The Balaban J connectivity index is 1.79. The number of rotatable bonds is 4. The molecule has 2 aliphatic heterocycles. The fourth-order valence-corrected chi connectivity index (χ4v) is 3.62. The van der Waals surface area contributed by atoms with Crippen LogP contribution in [0, 0.1) is 6.92 Å². The topological polar surface area (TPSA) is 47.5 Å². The Hall–Kier alpha value is -0.980. The number of aryl methyl sites for hydroxylation is 1. The molecule has 0 spiro atoms. The maximum atomic E-state index is 5.93. The third-order valence-corrected chi connectivity index (χ3v) is 4.54. The predicted molar refractivity (Wildman–Crippen MR) is 74.7 cm³/mol. The molecule has 0 aromatic carbocycles. The van der Waals surface area contributed by atoms with Gasteiger partial charge in [-0.1, -0.05) is 17.4 Å². The zero-order valence-corrected chi connectivity index (χ0v) is 11.9. The first kappa shape index (κ1) is 13.0. The van der Waals surface area contributed by atoms with E-state index < -0.39 is 0 Å². The Morgan fingerprint density at radius 2 is 2.47 bits per heavy atom. The number of aromatic nitrogens is 2. The number of fused-ring (bicyclic) bond motifs is 1.